The van der Waals surface area contributed by atoms with Crippen LogP contribution in [0.2, 0.25) is 0 Å². The van der Waals surface area contributed by atoms with Crippen LogP contribution >= 0.6 is 11.6 Å². The second kappa shape index (κ2) is 54.7. The van der Waals surface area contributed by atoms with Gasteiger partial charge in [0.25, 0.3) is 0 Å². The zero-order valence-electron chi connectivity index (χ0n) is 92.9. The molecule has 24 atom stereocenters. The summed E-state index contributed by atoms with van der Waals surface area (Å²) in [5, 5.41) is 34.9. The van der Waals surface area contributed by atoms with E-state index in [1.807, 2.05) is 20.8 Å². The van der Waals surface area contributed by atoms with Gasteiger partial charge < -0.3 is 138 Å². The average molecular weight is 2160 g/mol. The van der Waals surface area contributed by atoms with Gasteiger partial charge in [0.05, 0.1) is 105 Å². The molecule has 0 aromatic carbocycles. The van der Waals surface area contributed by atoms with Crippen molar-refractivity contribution in [3.63, 3.8) is 0 Å². The molecule has 4 spiro atoms. The van der Waals surface area contributed by atoms with Gasteiger partial charge in [-0.25, -0.2) is 38.4 Å². The Morgan fingerprint density at radius 2 is 0.680 bits per heavy atom. The Balaban J connectivity index is 0.000000253. The molecule has 13 aliphatic rings. The quantitative estimate of drug-likeness (QED) is 0.00700. The summed E-state index contributed by atoms with van der Waals surface area (Å²) in [6.07, 6.45) is 10.3. The molecule has 150 heavy (non-hydrogen) atoms. The number of urea groups is 1. The number of aliphatic hydroxyl groups excluding tert-OH is 1. The summed E-state index contributed by atoms with van der Waals surface area (Å²) in [7, 11) is 6.49. The van der Waals surface area contributed by atoms with Crippen molar-refractivity contribution in [2.75, 3.05) is 133 Å². The van der Waals surface area contributed by atoms with Crippen molar-refractivity contribution in [1.82, 2.24) is 58.1 Å². The standard InChI is InChI=1S/2C26H43N3O8.C19H28ClNO6.C16H26O4.C10H17N3O4.C7H16N2O2.CH4/c2*1-16(2)8-9-18-25(6,36-18)21-20(33-7)17(10-11-26(21)15-34-26)35-23(32)29-19(30)14-27-12-13-28-22(31)37-24(3,4)5;1-11(2)5-6-13-18(3,27-13)16-15(24-4)12(7-8-19(16)10-25-19)26-17(23)21-14(22)9-20;1-10(2)5-6-12-15(3,20-12)14-13(18-4)11(17)7-8-16(14)9-19-16;1-10(2,3)17-9(16)11-4-5-13-6-7(14)12-8(13)15;1-7(2,3)11-6(10)9-5-4-8;/h2*8,17-18,20-21,27H,9-15H2,1-7H3,(H,28,31)(H,29,30,32);5,12-13,15-16H,6-10H2,1-4H3,(H,21,22,23);5,11-14,17H,6-9H2,1-4H3;4-6H2,1-3H3,(H,11,16)(H,12,14,15);4-5,8H2,1-3H3,(H,9,10);1H4/t2*17?,18-,20?,21?,25+,26+;12?,13-,15?,16?,18+,19+;11?,12-,13?,14?,15+,16+;;;/m1111.../s1. The maximum absolute atomic E-state index is 12.5. The Labute approximate surface area is 890 Å². The fourth-order valence-electron chi connectivity index (χ4n) is 20.4. The Kier molecular flexibility index (Phi) is 46.8. The molecule has 9 aliphatic heterocycles. The van der Waals surface area contributed by atoms with E-state index in [0.717, 1.165) is 64.4 Å². The number of allylic oxidation sites excluding steroid dienone is 4. The summed E-state index contributed by atoms with van der Waals surface area (Å²) in [5.41, 5.74) is 5.52. The lowest BCUT2D eigenvalue weighted by Crippen LogP contribution is -2.56. The summed E-state index contributed by atoms with van der Waals surface area (Å²) >= 11 is 5.42. The zero-order chi connectivity index (χ0) is 111. The number of imide groups is 4. The zero-order valence-corrected chi connectivity index (χ0v) is 93.6. The van der Waals surface area contributed by atoms with E-state index in [1.165, 1.54) is 27.2 Å². The predicted molar refractivity (Wildman–Crippen MR) is 554 cm³/mol. The minimum Gasteiger partial charge on any atom is -0.444 e. The van der Waals surface area contributed by atoms with Crippen molar-refractivity contribution < 1.29 is 153 Å². The third kappa shape index (κ3) is 38.5. The molecule has 13 rings (SSSR count). The van der Waals surface area contributed by atoms with Gasteiger partial charge in [0.1, 0.15) is 111 Å². The van der Waals surface area contributed by atoms with Crippen LogP contribution in [0.1, 0.15) is 251 Å². The highest BCUT2D eigenvalue weighted by atomic mass is 35.5. The van der Waals surface area contributed by atoms with E-state index in [9.17, 15) is 62.6 Å². The summed E-state index contributed by atoms with van der Waals surface area (Å²) in [6.45, 7) is 51.5. The SMILES string of the molecule is C.CC(C)(C)OC(=O)NCCN.CC(C)(C)OC(=O)NCCN1CC(=O)NC1=O.COC1C(O)CC[C@]2(CO2)C1[C@@]1(C)O[C@@H]1CC=C(C)C.COC1C(OC(=O)NC(=O)CCl)CC[C@]2(CO2)C1[C@@]1(C)O[C@@H]1CC=C(C)C.COC1C(OC(=O)NC(=O)CNCCNC(=O)OC(C)(C)C)CC[C@]2(CO2)C1[C@@]1(C)O[C@@H]1CC=C(C)C.COC1C(OC(=O)NC(=O)CNCCNC(=O)OC(C)(C)C)CC[C@]2(CO2)C1[C@@]1(C)O[C@@H]1CC=C(C)C. The minimum atomic E-state index is -0.819. The van der Waals surface area contributed by atoms with Crippen LogP contribution in [-0.2, 0) is 109 Å². The van der Waals surface area contributed by atoms with Gasteiger partial charge >= 0.3 is 48.7 Å². The van der Waals surface area contributed by atoms with E-state index >= 15 is 0 Å². The fraction of sp³-hybridized carbons (Fsp3) is 0.810. The molecule has 44 nitrogen and oxygen atoms in total. The topological polar surface area (TPSA) is 576 Å². The molecule has 13 fully saturated rings. The molecule has 9 saturated heterocycles. The largest absolute Gasteiger partial charge is 0.444 e. The first-order valence-electron chi connectivity index (χ1n) is 51.8. The smallest absolute Gasteiger partial charge is 0.414 e. The number of nitrogens with zero attached hydrogens (tertiary/aromatic N) is 1. The highest BCUT2D eigenvalue weighted by molar-refractivity contribution is 6.28. The van der Waals surface area contributed by atoms with Crippen LogP contribution in [0.15, 0.2) is 46.6 Å². The van der Waals surface area contributed by atoms with Crippen LogP contribution in [0.4, 0.5) is 38.4 Å². The molecule has 4 saturated carbocycles. The molecule has 9 heterocycles. The number of amides is 13. The average Bonchev–Trinajstić information content (AvgIpc) is 1.55. The number of alkyl halides is 1. The van der Waals surface area contributed by atoms with Gasteiger partial charge in [-0.1, -0.05) is 54.0 Å². The van der Waals surface area contributed by atoms with Gasteiger partial charge in [-0.3, -0.25) is 40.4 Å². The Morgan fingerprint density at radius 3 is 0.927 bits per heavy atom. The highest BCUT2D eigenvalue weighted by Crippen LogP contribution is 2.64. The Bertz CT molecular complexity index is 4510. The number of methoxy groups -OCH3 is 4. The van der Waals surface area contributed by atoms with Crippen LogP contribution in [0.25, 0.3) is 0 Å². The lowest BCUT2D eigenvalue weighted by atomic mass is 9.68. The summed E-state index contributed by atoms with van der Waals surface area (Å²) in [6, 6.07) is -0.430. The number of nitrogens with one attached hydrogen (secondary N) is 10. The summed E-state index contributed by atoms with van der Waals surface area (Å²) in [5.74, 6) is -2.42. The molecule has 4 aliphatic carbocycles. The first-order valence-corrected chi connectivity index (χ1v) is 52.3. The highest BCUT2D eigenvalue weighted by Gasteiger charge is 2.76. The number of nitrogens with two attached hydrogens (primary N) is 1. The second-order valence-corrected chi connectivity index (χ2v) is 46.1. The number of hydrogen-bond acceptors (Lipinski definition) is 35. The lowest BCUT2D eigenvalue weighted by Gasteiger charge is -2.42. The van der Waals surface area contributed by atoms with E-state index < -0.39 is 142 Å². The predicted octanol–water partition coefficient (Wildman–Crippen LogP) is 10.6. The molecule has 45 heteroatoms. The van der Waals surface area contributed by atoms with Crippen molar-refractivity contribution in [3.8, 4) is 0 Å². The van der Waals surface area contributed by atoms with Crippen LogP contribution in [0, 0.1) is 23.7 Å². The number of rotatable bonds is 35. The third-order valence-corrected chi connectivity index (χ3v) is 28.1. The molecule has 13 amide bonds. The van der Waals surface area contributed by atoms with Crippen LogP contribution in [0.3, 0.4) is 0 Å². The van der Waals surface area contributed by atoms with Crippen LogP contribution < -0.4 is 58.9 Å². The monoisotopic (exact) mass is 2150 g/mol. The van der Waals surface area contributed by atoms with Crippen molar-refractivity contribution in [1.29, 1.82) is 0 Å². The molecular weight excluding hydrogens is 1980 g/mol. The van der Waals surface area contributed by atoms with Gasteiger partial charge in [0, 0.05) is 80.8 Å². The van der Waals surface area contributed by atoms with Gasteiger partial charge in [0.15, 0.2) is 0 Å². The summed E-state index contributed by atoms with van der Waals surface area (Å²) < 4.78 is 108. The van der Waals surface area contributed by atoms with Crippen molar-refractivity contribution in [2.45, 2.75) is 391 Å². The molecule has 13 N–H and O–H groups in total. The number of carbonyl (C=O) groups is 12. The normalized spacial score (nSPS) is 32.3. The molecule has 0 bridgehead atoms. The van der Waals surface area contributed by atoms with E-state index in [2.05, 4.69) is 161 Å². The van der Waals surface area contributed by atoms with Crippen LogP contribution in [0.5, 0.6) is 0 Å². The third-order valence-electron chi connectivity index (χ3n) is 27.8. The number of alkyl carbamates (subject to hydrolysis) is 7. The van der Waals surface area contributed by atoms with Crippen molar-refractivity contribution >= 4 is 83.9 Å². The molecular formula is C105H177ClN12O32. The first-order chi connectivity index (χ1) is 69.5. The second-order valence-electron chi connectivity index (χ2n) is 45.8. The molecule has 856 valence electrons. The number of hydrogen-bond donors (Lipinski definition) is 12. The van der Waals surface area contributed by atoms with Gasteiger partial charge in [-0.2, -0.15) is 0 Å². The number of carbonyl (C=O) groups excluding carboxylic acids is 12. The number of epoxide rings is 8. The van der Waals surface area contributed by atoms with Gasteiger partial charge in [-0.15, -0.1) is 11.6 Å². The van der Waals surface area contributed by atoms with Crippen LogP contribution in [-0.4, -0.2) is 356 Å². The number of ether oxygens (including phenoxy) is 19. The maximum Gasteiger partial charge on any atom is 0.414 e. The van der Waals surface area contributed by atoms with E-state index in [-0.39, 0.29) is 153 Å². The number of aliphatic hydroxyl groups is 1. The molecule has 0 aromatic rings. The Morgan fingerprint density at radius 1 is 0.413 bits per heavy atom. The fourth-order valence-corrected chi connectivity index (χ4v) is 20.5. The van der Waals surface area contributed by atoms with E-state index in [1.54, 1.807) is 90.8 Å². The summed E-state index contributed by atoms with van der Waals surface area (Å²) in [4.78, 5) is 141. The number of halogens is 1. The van der Waals surface area contributed by atoms with Crippen molar-refractivity contribution in [3.05, 3.63) is 46.6 Å². The van der Waals surface area contributed by atoms with Crippen molar-refractivity contribution in [2.24, 2.45) is 29.4 Å². The Hall–Kier alpha value is -8.55. The van der Waals surface area contributed by atoms with Gasteiger partial charge in [-0.05, 0) is 243 Å². The molecule has 12 unspecified atom stereocenters. The van der Waals surface area contributed by atoms with Gasteiger partial charge in [0.2, 0.25) is 23.6 Å². The maximum atomic E-state index is 12.5. The lowest BCUT2D eigenvalue weighted by molar-refractivity contribution is -0.125. The first kappa shape index (κ1) is 128. The molecule has 0 aromatic heterocycles. The van der Waals surface area contributed by atoms with E-state index in [0.29, 0.717) is 65.3 Å². The minimum absolute atomic E-state index is 0. The van der Waals surface area contributed by atoms with E-state index in [4.69, 9.17) is 107 Å². The molecule has 0 radical (unpaired) electrons.